The van der Waals surface area contributed by atoms with E-state index in [2.05, 4.69) is 26.2 Å². The molecule has 0 aliphatic heterocycles. The summed E-state index contributed by atoms with van der Waals surface area (Å²) in [5, 5.41) is 3.10. The zero-order chi connectivity index (χ0) is 14.0. The van der Waals surface area contributed by atoms with Crippen molar-refractivity contribution in [3.05, 3.63) is 52.0 Å². The average Bonchev–Trinajstić information content (AvgIpc) is 2.36. The predicted octanol–water partition coefficient (Wildman–Crippen LogP) is 3.67. The Morgan fingerprint density at radius 2 is 2.16 bits per heavy atom. The number of nitrogens with one attached hydrogen (secondary N) is 1. The van der Waals surface area contributed by atoms with Crippen LogP contribution in [-0.4, -0.2) is 9.97 Å². The van der Waals surface area contributed by atoms with Gasteiger partial charge in [-0.3, -0.25) is 4.98 Å². The number of hydrogen-bond donors (Lipinski definition) is 2. The second-order valence-corrected chi connectivity index (χ2v) is 5.29. The van der Waals surface area contributed by atoms with Gasteiger partial charge in [0, 0.05) is 17.4 Å². The molecule has 0 aliphatic rings. The standard InChI is InChI=1S/C13H11BrFN3S/c1-7-4-9(14)10(15)5-11(7)18-12-6-17-3-2-8(12)13(16)19/h2-6,18H,1H3,(H2,16,19). The van der Waals surface area contributed by atoms with Crippen LogP contribution in [0.4, 0.5) is 15.8 Å². The number of anilines is 2. The Morgan fingerprint density at radius 1 is 1.42 bits per heavy atom. The molecule has 0 saturated heterocycles. The molecule has 0 aliphatic carbocycles. The second kappa shape index (κ2) is 5.63. The monoisotopic (exact) mass is 339 g/mol. The molecule has 98 valence electrons. The molecule has 3 N–H and O–H groups in total. The smallest absolute Gasteiger partial charge is 0.139 e. The molecule has 1 heterocycles. The van der Waals surface area contributed by atoms with Crippen molar-refractivity contribution in [2.24, 2.45) is 5.73 Å². The third-order valence-corrected chi connectivity index (χ3v) is 3.45. The fourth-order valence-corrected chi connectivity index (χ4v) is 2.27. The van der Waals surface area contributed by atoms with Gasteiger partial charge in [-0.05, 0) is 46.6 Å². The van der Waals surface area contributed by atoms with E-state index in [4.69, 9.17) is 18.0 Å². The molecule has 2 rings (SSSR count). The summed E-state index contributed by atoms with van der Waals surface area (Å²) < 4.78 is 14.0. The molecule has 0 amide bonds. The Hall–Kier alpha value is -1.53. The van der Waals surface area contributed by atoms with Crippen molar-refractivity contribution >= 4 is 44.5 Å². The predicted molar refractivity (Wildman–Crippen MR) is 82.2 cm³/mol. The Morgan fingerprint density at radius 3 is 2.84 bits per heavy atom. The van der Waals surface area contributed by atoms with Crippen molar-refractivity contribution in [3.63, 3.8) is 0 Å². The molecular weight excluding hydrogens is 329 g/mol. The molecule has 0 unspecified atom stereocenters. The lowest BCUT2D eigenvalue weighted by atomic mass is 10.1. The first-order chi connectivity index (χ1) is 8.99. The van der Waals surface area contributed by atoms with Gasteiger partial charge in [0.1, 0.15) is 10.8 Å². The van der Waals surface area contributed by atoms with Crippen LogP contribution >= 0.6 is 28.1 Å². The summed E-state index contributed by atoms with van der Waals surface area (Å²) >= 11 is 8.12. The molecule has 0 bridgehead atoms. The lowest BCUT2D eigenvalue weighted by Gasteiger charge is -2.13. The van der Waals surface area contributed by atoms with Gasteiger partial charge in [-0.1, -0.05) is 12.2 Å². The summed E-state index contributed by atoms with van der Waals surface area (Å²) in [5.41, 5.74) is 8.51. The number of benzene rings is 1. The van der Waals surface area contributed by atoms with E-state index >= 15 is 0 Å². The largest absolute Gasteiger partial charge is 0.389 e. The first kappa shape index (κ1) is 13.9. The lowest BCUT2D eigenvalue weighted by Crippen LogP contribution is -2.12. The molecular formula is C13H11BrFN3S. The van der Waals surface area contributed by atoms with Crippen molar-refractivity contribution < 1.29 is 4.39 Å². The molecule has 0 spiro atoms. The summed E-state index contributed by atoms with van der Waals surface area (Å²) in [6.45, 7) is 1.88. The van der Waals surface area contributed by atoms with Gasteiger partial charge in [0.15, 0.2) is 0 Å². The summed E-state index contributed by atoms with van der Waals surface area (Å²) in [5.74, 6) is -0.339. The average molecular weight is 340 g/mol. The number of hydrogen-bond acceptors (Lipinski definition) is 3. The molecule has 1 aromatic heterocycles. The quantitative estimate of drug-likeness (QED) is 0.837. The van der Waals surface area contributed by atoms with Gasteiger partial charge in [0.2, 0.25) is 0 Å². The third-order valence-electron chi connectivity index (χ3n) is 2.62. The topological polar surface area (TPSA) is 50.9 Å². The van der Waals surface area contributed by atoms with Gasteiger partial charge in [0.05, 0.1) is 16.4 Å². The normalized spacial score (nSPS) is 10.3. The molecule has 0 saturated carbocycles. The number of thiocarbonyl (C=S) groups is 1. The minimum absolute atomic E-state index is 0.264. The van der Waals surface area contributed by atoms with E-state index in [0.29, 0.717) is 21.4 Å². The van der Waals surface area contributed by atoms with Crippen LogP contribution < -0.4 is 11.1 Å². The molecule has 1 aromatic carbocycles. The highest BCUT2D eigenvalue weighted by Gasteiger charge is 2.09. The van der Waals surface area contributed by atoms with Gasteiger partial charge in [-0.25, -0.2) is 4.39 Å². The summed E-state index contributed by atoms with van der Waals surface area (Å²) in [4.78, 5) is 4.28. The van der Waals surface area contributed by atoms with Crippen LogP contribution in [0.5, 0.6) is 0 Å². The maximum Gasteiger partial charge on any atom is 0.139 e. The molecule has 0 radical (unpaired) electrons. The Bertz CT molecular complexity index is 646. The van der Waals surface area contributed by atoms with E-state index in [1.54, 1.807) is 24.5 Å². The van der Waals surface area contributed by atoms with E-state index in [1.165, 1.54) is 6.07 Å². The summed E-state index contributed by atoms with van der Waals surface area (Å²) in [6, 6.07) is 4.83. The van der Waals surface area contributed by atoms with Crippen LogP contribution in [0.25, 0.3) is 0 Å². The molecule has 0 fully saturated rings. The van der Waals surface area contributed by atoms with Gasteiger partial charge in [-0.15, -0.1) is 0 Å². The highest BCUT2D eigenvalue weighted by molar-refractivity contribution is 9.10. The highest BCUT2D eigenvalue weighted by atomic mass is 79.9. The van der Waals surface area contributed by atoms with Crippen molar-refractivity contribution in [3.8, 4) is 0 Å². The summed E-state index contributed by atoms with van der Waals surface area (Å²) in [7, 11) is 0. The Balaban J connectivity index is 2.42. The Kier molecular flexibility index (Phi) is 4.11. The van der Waals surface area contributed by atoms with Crippen LogP contribution in [0, 0.1) is 12.7 Å². The third kappa shape index (κ3) is 3.08. The number of halogens is 2. The molecule has 6 heteroatoms. The van der Waals surface area contributed by atoms with Crippen LogP contribution in [0.3, 0.4) is 0 Å². The van der Waals surface area contributed by atoms with Crippen LogP contribution in [0.1, 0.15) is 11.1 Å². The van der Waals surface area contributed by atoms with E-state index in [0.717, 1.165) is 5.56 Å². The van der Waals surface area contributed by atoms with E-state index in [1.807, 2.05) is 6.92 Å². The summed E-state index contributed by atoms with van der Waals surface area (Å²) in [6.07, 6.45) is 3.21. The minimum atomic E-state index is -0.339. The number of aryl methyl sites for hydroxylation is 1. The van der Waals surface area contributed by atoms with Crippen molar-refractivity contribution in [2.45, 2.75) is 6.92 Å². The lowest BCUT2D eigenvalue weighted by molar-refractivity contribution is 0.621. The number of rotatable bonds is 3. The first-order valence-corrected chi connectivity index (χ1v) is 6.65. The van der Waals surface area contributed by atoms with E-state index < -0.39 is 0 Å². The van der Waals surface area contributed by atoms with Crippen LogP contribution in [0.2, 0.25) is 0 Å². The van der Waals surface area contributed by atoms with E-state index in [-0.39, 0.29) is 10.8 Å². The van der Waals surface area contributed by atoms with Crippen molar-refractivity contribution in [1.29, 1.82) is 0 Å². The number of nitrogens with zero attached hydrogens (tertiary/aromatic N) is 1. The maximum absolute atomic E-state index is 13.6. The fraction of sp³-hybridized carbons (Fsp3) is 0.0769. The van der Waals surface area contributed by atoms with Gasteiger partial charge >= 0.3 is 0 Å². The molecule has 3 nitrogen and oxygen atoms in total. The first-order valence-electron chi connectivity index (χ1n) is 5.45. The SMILES string of the molecule is Cc1cc(Br)c(F)cc1Nc1cnccc1C(N)=S. The van der Waals surface area contributed by atoms with E-state index in [9.17, 15) is 4.39 Å². The van der Waals surface area contributed by atoms with Crippen molar-refractivity contribution in [2.75, 3.05) is 5.32 Å². The number of nitrogens with two attached hydrogens (primary N) is 1. The molecule has 19 heavy (non-hydrogen) atoms. The molecule has 2 aromatic rings. The van der Waals surface area contributed by atoms with Gasteiger partial charge < -0.3 is 11.1 Å². The second-order valence-electron chi connectivity index (χ2n) is 3.99. The molecule has 0 atom stereocenters. The Labute approximate surface area is 124 Å². The highest BCUT2D eigenvalue weighted by Crippen LogP contribution is 2.27. The van der Waals surface area contributed by atoms with Gasteiger partial charge in [-0.2, -0.15) is 0 Å². The number of aromatic nitrogens is 1. The maximum atomic E-state index is 13.6. The fourth-order valence-electron chi connectivity index (χ4n) is 1.63. The van der Waals surface area contributed by atoms with Crippen molar-refractivity contribution in [1.82, 2.24) is 4.98 Å². The van der Waals surface area contributed by atoms with Gasteiger partial charge in [0.25, 0.3) is 0 Å². The zero-order valence-corrected chi connectivity index (χ0v) is 12.5. The zero-order valence-electron chi connectivity index (χ0n) is 10.1. The van der Waals surface area contributed by atoms with Crippen LogP contribution in [-0.2, 0) is 0 Å². The minimum Gasteiger partial charge on any atom is -0.389 e. The number of pyridine rings is 1. The van der Waals surface area contributed by atoms with Crippen LogP contribution in [0.15, 0.2) is 35.1 Å².